The maximum absolute atomic E-state index is 13.6. The van der Waals surface area contributed by atoms with Gasteiger partial charge in [-0.1, -0.05) is 30.3 Å². The number of carbonyl (C=O) groups excluding carboxylic acids is 2. The lowest BCUT2D eigenvalue weighted by molar-refractivity contribution is -0.134. The molecular formula is C25H23F3N4O3. The molecule has 0 radical (unpaired) electrons. The molecule has 1 N–H and O–H groups in total. The number of aromatic nitrogens is 2. The van der Waals surface area contributed by atoms with Gasteiger partial charge in [0, 0.05) is 18.5 Å². The number of amides is 2. The maximum Gasteiger partial charge on any atom is 0.256 e. The van der Waals surface area contributed by atoms with Crippen molar-refractivity contribution in [2.24, 2.45) is 0 Å². The minimum absolute atomic E-state index is 0.0291. The van der Waals surface area contributed by atoms with Gasteiger partial charge in [0.1, 0.15) is 6.10 Å². The lowest BCUT2D eigenvalue weighted by atomic mass is 9.96. The molecule has 0 saturated carbocycles. The highest BCUT2D eigenvalue weighted by Crippen LogP contribution is 2.35. The number of fused-ring (bicyclic) bond motifs is 1. The van der Waals surface area contributed by atoms with Gasteiger partial charge in [0.05, 0.1) is 37.1 Å². The molecule has 1 fully saturated rings. The van der Waals surface area contributed by atoms with Crippen molar-refractivity contribution in [1.29, 1.82) is 0 Å². The molecule has 0 bridgehead atoms. The lowest BCUT2D eigenvalue weighted by Crippen LogP contribution is -2.46. The molecule has 10 heteroatoms. The molecule has 35 heavy (non-hydrogen) atoms. The summed E-state index contributed by atoms with van der Waals surface area (Å²) >= 11 is 0. The maximum atomic E-state index is 13.6. The van der Waals surface area contributed by atoms with Gasteiger partial charge in [-0.25, -0.2) is 13.2 Å². The fourth-order valence-corrected chi connectivity index (χ4v) is 4.86. The Morgan fingerprint density at radius 2 is 1.80 bits per heavy atom. The fraction of sp³-hybridized carbons (Fsp3) is 0.320. The molecule has 3 aromatic rings. The Hall–Kier alpha value is -3.66. The van der Waals surface area contributed by atoms with E-state index in [2.05, 4.69) is 5.10 Å². The average Bonchev–Trinajstić information content (AvgIpc) is 3.37. The zero-order valence-corrected chi connectivity index (χ0v) is 18.9. The van der Waals surface area contributed by atoms with E-state index in [1.54, 1.807) is 15.8 Å². The molecule has 2 aliphatic rings. The largest absolute Gasteiger partial charge is 0.383 e. The molecule has 5 rings (SSSR count). The van der Waals surface area contributed by atoms with Crippen molar-refractivity contribution in [2.45, 2.75) is 44.5 Å². The Morgan fingerprint density at radius 3 is 2.49 bits per heavy atom. The molecule has 2 unspecified atom stereocenters. The SMILES string of the molecule is C[C@H]1Cn2ncc(N3CC(c4ccccc4)C(O)C3=O)c2CN1C(=O)Cc1cc(F)c(F)c(F)c1. The second kappa shape index (κ2) is 8.84. The van der Waals surface area contributed by atoms with Crippen LogP contribution in [0.5, 0.6) is 0 Å². The third-order valence-electron chi connectivity index (χ3n) is 6.73. The monoisotopic (exact) mass is 484 g/mol. The smallest absolute Gasteiger partial charge is 0.256 e. The molecule has 1 aromatic heterocycles. The topological polar surface area (TPSA) is 78.7 Å². The van der Waals surface area contributed by atoms with E-state index in [4.69, 9.17) is 0 Å². The van der Waals surface area contributed by atoms with Gasteiger partial charge in [-0.2, -0.15) is 5.10 Å². The summed E-state index contributed by atoms with van der Waals surface area (Å²) < 4.78 is 42.2. The summed E-state index contributed by atoms with van der Waals surface area (Å²) in [6, 6.07) is 10.6. The molecule has 3 atom stereocenters. The van der Waals surface area contributed by atoms with Crippen molar-refractivity contribution >= 4 is 17.5 Å². The van der Waals surface area contributed by atoms with Gasteiger partial charge in [-0.3, -0.25) is 14.3 Å². The number of hydrogen-bond donors (Lipinski definition) is 1. The number of aliphatic hydroxyl groups is 1. The number of nitrogens with zero attached hydrogens (tertiary/aromatic N) is 4. The second-order valence-electron chi connectivity index (χ2n) is 8.99. The minimum atomic E-state index is -1.58. The molecule has 0 spiro atoms. The van der Waals surface area contributed by atoms with Crippen molar-refractivity contribution in [2.75, 3.05) is 11.4 Å². The summed E-state index contributed by atoms with van der Waals surface area (Å²) in [5, 5.41) is 15.0. The van der Waals surface area contributed by atoms with Crippen LogP contribution in [-0.4, -0.2) is 50.3 Å². The molecule has 182 valence electrons. The number of hydrogen-bond acceptors (Lipinski definition) is 4. The molecule has 3 heterocycles. The summed E-state index contributed by atoms with van der Waals surface area (Å²) in [4.78, 5) is 29.0. The van der Waals surface area contributed by atoms with Gasteiger partial charge in [-0.05, 0) is 30.2 Å². The van der Waals surface area contributed by atoms with E-state index in [1.165, 1.54) is 4.90 Å². The van der Waals surface area contributed by atoms with Gasteiger partial charge in [-0.15, -0.1) is 0 Å². The van der Waals surface area contributed by atoms with E-state index in [0.29, 0.717) is 17.9 Å². The summed E-state index contributed by atoms with van der Waals surface area (Å²) in [6.45, 7) is 2.57. The van der Waals surface area contributed by atoms with Crippen LogP contribution in [0.3, 0.4) is 0 Å². The third kappa shape index (κ3) is 4.07. The highest BCUT2D eigenvalue weighted by atomic mass is 19.2. The van der Waals surface area contributed by atoms with Gasteiger partial charge in [0.15, 0.2) is 17.5 Å². The summed E-state index contributed by atoms with van der Waals surface area (Å²) in [6.07, 6.45) is 0.0504. The number of carbonyl (C=O) groups is 2. The van der Waals surface area contributed by atoms with Crippen molar-refractivity contribution in [3.05, 3.63) is 82.9 Å². The Bertz CT molecular complexity index is 1270. The first-order valence-electron chi connectivity index (χ1n) is 11.3. The third-order valence-corrected chi connectivity index (χ3v) is 6.73. The predicted molar refractivity (Wildman–Crippen MR) is 120 cm³/mol. The van der Waals surface area contributed by atoms with Crippen LogP contribution in [0.25, 0.3) is 0 Å². The van der Waals surface area contributed by atoms with E-state index >= 15 is 0 Å². The van der Waals surface area contributed by atoms with Gasteiger partial charge < -0.3 is 14.9 Å². The number of halogens is 3. The molecule has 2 aliphatic heterocycles. The quantitative estimate of drug-likeness (QED) is 0.578. The molecule has 2 amide bonds. The van der Waals surface area contributed by atoms with Crippen LogP contribution in [0.2, 0.25) is 0 Å². The Morgan fingerprint density at radius 1 is 1.11 bits per heavy atom. The number of anilines is 1. The fourth-order valence-electron chi connectivity index (χ4n) is 4.86. The Labute approximate surface area is 199 Å². The van der Waals surface area contributed by atoms with Gasteiger partial charge in [0.25, 0.3) is 5.91 Å². The zero-order valence-electron chi connectivity index (χ0n) is 18.9. The number of aliphatic hydroxyl groups excluding tert-OH is 1. The second-order valence-corrected chi connectivity index (χ2v) is 8.99. The standard InChI is InChI=1S/C25H23F3N4O3/c1-14-11-32-21(13-30(14)22(33)9-15-7-18(26)23(28)19(27)8-15)20(10-29-32)31-12-17(24(34)25(31)35)16-5-3-2-4-6-16/h2-8,10,14,17,24,34H,9,11-13H2,1H3/t14-,17?,24?/m0/s1. The minimum Gasteiger partial charge on any atom is -0.383 e. The zero-order chi connectivity index (χ0) is 24.9. The first-order chi connectivity index (χ1) is 16.7. The van der Waals surface area contributed by atoms with E-state index in [0.717, 1.165) is 17.7 Å². The van der Waals surface area contributed by atoms with Crippen LogP contribution in [0, 0.1) is 17.5 Å². The van der Waals surface area contributed by atoms with Crippen molar-refractivity contribution in [1.82, 2.24) is 14.7 Å². The van der Waals surface area contributed by atoms with E-state index in [9.17, 15) is 27.9 Å². The molecule has 1 saturated heterocycles. The summed E-state index contributed by atoms with van der Waals surface area (Å²) in [5.41, 5.74) is 2.01. The normalized spacial score (nSPS) is 22.0. The van der Waals surface area contributed by atoms with Crippen LogP contribution in [0.1, 0.15) is 29.7 Å². The molecule has 7 nitrogen and oxygen atoms in total. The number of benzene rings is 2. The number of rotatable bonds is 4. The van der Waals surface area contributed by atoms with E-state index in [-0.39, 0.29) is 31.1 Å². The summed E-state index contributed by atoms with van der Waals surface area (Å²) in [5.74, 6) is -5.51. The summed E-state index contributed by atoms with van der Waals surface area (Å²) in [7, 11) is 0. The van der Waals surface area contributed by atoms with Crippen LogP contribution in [0.4, 0.5) is 18.9 Å². The predicted octanol–water partition coefficient (Wildman–Crippen LogP) is 2.77. The van der Waals surface area contributed by atoms with Gasteiger partial charge >= 0.3 is 0 Å². The lowest BCUT2D eigenvalue weighted by Gasteiger charge is -2.35. The Balaban J connectivity index is 1.38. The Kier molecular flexibility index (Phi) is 5.84. The molecule has 0 aliphatic carbocycles. The van der Waals surface area contributed by atoms with Crippen LogP contribution in [-0.2, 0) is 29.1 Å². The van der Waals surface area contributed by atoms with E-state index in [1.807, 2.05) is 37.3 Å². The molecule has 2 aromatic carbocycles. The highest BCUT2D eigenvalue weighted by Gasteiger charge is 2.43. The van der Waals surface area contributed by atoms with Crippen molar-refractivity contribution in [3.63, 3.8) is 0 Å². The van der Waals surface area contributed by atoms with Crippen LogP contribution < -0.4 is 4.90 Å². The van der Waals surface area contributed by atoms with Crippen molar-refractivity contribution < 1.29 is 27.9 Å². The van der Waals surface area contributed by atoms with E-state index < -0.39 is 41.3 Å². The van der Waals surface area contributed by atoms with Crippen molar-refractivity contribution in [3.8, 4) is 0 Å². The van der Waals surface area contributed by atoms with Crippen LogP contribution in [0.15, 0.2) is 48.7 Å². The first-order valence-corrected chi connectivity index (χ1v) is 11.3. The average molecular weight is 484 g/mol. The first kappa shape index (κ1) is 23.1. The molecular weight excluding hydrogens is 461 g/mol. The highest BCUT2D eigenvalue weighted by molar-refractivity contribution is 6.00. The van der Waals surface area contributed by atoms with Gasteiger partial charge in [0.2, 0.25) is 5.91 Å². The van der Waals surface area contributed by atoms with Crippen LogP contribution >= 0.6 is 0 Å².